The largest absolute Gasteiger partial charge is 0.497 e. The van der Waals surface area contributed by atoms with Crippen LogP contribution in [0, 0.1) is 21.8 Å². The second-order valence-corrected chi connectivity index (χ2v) is 8.78. The molecule has 1 amide bonds. The normalized spacial score (nSPS) is 10.8. The zero-order chi connectivity index (χ0) is 25.5. The first-order valence-corrected chi connectivity index (χ1v) is 11.6. The highest BCUT2D eigenvalue weighted by Gasteiger charge is 2.18. The number of carbonyl (C=O) groups is 2. The first-order valence-electron chi connectivity index (χ1n) is 10.2. The van der Waals surface area contributed by atoms with Crippen LogP contribution < -0.4 is 19.5 Å². The maximum Gasteiger partial charge on any atom is 0.343 e. The van der Waals surface area contributed by atoms with Gasteiger partial charge in [0, 0.05) is 0 Å². The van der Waals surface area contributed by atoms with Gasteiger partial charge in [-0.1, -0.05) is 23.7 Å². The van der Waals surface area contributed by atoms with E-state index in [1.54, 1.807) is 61.5 Å². The van der Waals surface area contributed by atoms with Gasteiger partial charge in [-0.15, -0.1) is 0 Å². The van der Waals surface area contributed by atoms with Crippen LogP contribution in [-0.2, 0) is 4.79 Å². The molecule has 0 fully saturated rings. The lowest BCUT2D eigenvalue weighted by atomic mass is 10.1. The Labute approximate surface area is 221 Å². The summed E-state index contributed by atoms with van der Waals surface area (Å²) in [6.07, 6.45) is 1.42. The van der Waals surface area contributed by atoms with Crippen molar-refractivity contribution in [2.45, 2.75) is 6.92 Å². The van der Waals surface area contributed by atoms with Crippen molar-refractivity contribution in [3.63, 3.8) is 0 Å². The Balaban J connectivity index is 1.87. The summed E-state index contributed by atoms with van der Waals surface area (Å²) in [5, 5.41) is 12.6. The molecule has 3 aromatic carbocycles. The van der Waals surface area contributed by atoms with Crippen molar-refractivity contribution >= 4 is 57.8 Å². The number of nitrogens with zero attached hydrogens (tertiary/aromatic N) is 1. The average Bonchev–Trinajstić information content (AvgIpc) is 2.86. The Morgan fingerprint density at radius 1 is 1.09 bits per heavy atom. The van der Waals surface area contributed by atoms with Crippen molar-refractivity contribution in [3.8, 4) is 23.3 Å². The summed E-state index contributed by atoms with van der Waals surface area (Å²) in [7, 11) is 2.97. The Morgan fingerprint density at radius 3 is 2.40 bits per heavy atom. The van der Waals surface area contributed by atoms with E-state index in [4.69, 9.17) is 25.8 Å². The number of amides is 1. The maximum atomic E-state index is 12.7. The number of esters is 1. The molecular weight excluding hydrogens is 583 g/mol. The minimum absolute atomic E-state index is 0.134. The van der Waals surface area contributed by atoms with Gasteiger partial charge in [0.2, 0.25) is 0 Å². The Bertz CT molecular complexity index is 1330. The number of rotatable bonds is 7. The molecule has 7 nitrogen and oxygen atoms in total. The van der Waals surface area contributed by atoms with Crippen LogP contribution >= 0.6 is 34.2 Å². The van der Waals surface area contributed by atoms with E-state index >= 15 is 0 Å². The minimum atomic E-state index is -0.604. The molecule has 0 aliphatic heterocycles. The quantitative estimate of drug-likeness (QED) is 0.117. The van der Waals surface area contributed by atoms with Crippen molar-refractivity contribution < 1.29 is 23.8 Å². The number of nitrogens with one attached hydrogen (secondary N) is 1. The van der Waals surface area contributed by atoms with Crippen molar-refractivity contribution in [3.05, 3.63) is 85.5 Å². The molecule has 35 heavy (non-hydrogen) atoms. The van der Waals surface area contributed by atoms with Crippen LogP contribution in [0.1, 0.15) is 21.5 Å². The van der Waals surface area contributed by atoms with Gasteiger partial charge in [-0.2, -0.15) is 5.26 Å². The van der Waals surface area contributed by atoms with E-state index in [1.807, 2.05) is 28.7 Å². The summed E-state index contributed by atoms with van der Waals surface area (Å²) < 4.78 is 16.6. The van der Waals surface area contributed by atoms with Crippen LogP contribution in [0.25, 0.3) is 6.08 Å². The lowest BCUT2D eigenvalue weighted by molar-refractivity contribution is -0.112. The van der Waals surface area contributed by atoms with E-state index in [1.165, 1.54) is 20.3 Å². The summed E-state index contributed by atoms with van der Waals surface area (Å²) in [5.41, 5.74) is 1.92. The number of halogens is 2. The second kappa shape index (κ2) is 11.7. The topological polar surface area (TPSA) is 97.7 Å². The molecule has 0 aliphatic rings. The number of nitriles is 1. The molecule has 0 aromatic heterocycles. The predicted octanol–water partition coefficient (Wildman–Crippen LogP) is 6.04. The molecule has 0 heterocycles. The van der Waals surface area contributed by atoms with Crippen LogP contribution in [0.2, 0.25) is 5.02 Å². The summed E-state index contributed by atoms with van der Waals surface area (Å²) in [6, 6.07) is 16.9. The van der Waals surface area contributed by atoms with Gasteiger partial charge in [0.15, 0.2) is 11.5 Å². The number of benzene rings is 3. The molecule has 0 saturated heterocycles. The maximum absolute atomic E-state index is 12.7. The third-order valence-corrected chi connectivity index (χ3v) is 6.03. The fraction of sp³-hybridized carbons (Fsp3) is 0.115. The highest BCUT2D eigenvalue weighted by Crippen LogP contribution is 2.35. The van der Waals surface area contributed by atoms with Crippen LogP contribution in [0.4, 0.5) is 5.69 Å². The van der Waals surface area contributed by atoms with Gasteiger partial charge >= 0.3 is 5.97 Å². The number of ether oxygens (including phenoxy) is 3. The highest BCUT2D eigenvalue weighted by atomic mass is 127. The van der Waals surface area contributed by atoms with Crippen molar-refractivity contribution in [2.24, 2.45) is 0 Å². The van der Waals surface area contributed by atoms with Gasteiger partial charge in [0.05, 0.1) is 34.1 Å². The molecule has 0 spiro atoms. The smallest absolute Gasteiger partial charge is 0.343 e. The number of methoxy groups -OCH3 is 2. The molecule has 0 radical (unpaired) electrons. The first-order chi connectivity index (χ1) is 16.8. The SMILES string of the molecule is COc1ccc(C(=O)Oc2c(I)cc(/C=C(\C#N)C(=O)Nc3c(C)cccc3Cl)cc2OC)cc1. The second-order valence-electron chi connectivity index (χ2n) is 7.21. The molecule has 3 aromatic rings. The summed E-state index contributed by atoms with van der Waals surface area (Å²) in [6.45, 7) is 1.80. The van der Waals surface area contributed by atoms with Gasteiger partial charge in [-0.25, -0.2) is 4.79 Å². The molecule has 0 saturated carbocycles. The lowest BCUT2D eigenvalue weighted by Gasteiger charge is -2.13. The minimum Gasteiger partial charge on any atom is -0.497 e. The Kier molecular flexibility index (Phi) is 8.73. The summed E-state index contributed by atoms with van der Waals surface area (Å²) in [4.78, 5) is 25.4. The number of para-hydroxylation sites is 1. The van der Waals surface area contributed by atoms with E-state index in [2.05, 4.69) is 5.32 Å². The molecule has 3 rings (SSSR count). The number of hydrogen-bond donors (Lipinski definition) is 1. The number of aryl methyl sites for hydroxylation is 1. The molecule has 1 N–H and O–H groups in total. The van der Waals surface area contributed by atoms with Crippen molar-refractivity contribution in [2.75, 3.05) is 19.5 Å². The highest BCUT2D eigenvalue weighted by molar-refractivity contribution is 14.1. The molecule has 0 aliphatic carbocycles. The number of hydrogen-bond acceptors (Lipinski definition) is 6. The van der Waals surface area contributed by atoms with E-state index in [-0.39, 0.29) is 17.1 Å². The summed E-state index contributed by atoms with van der Waals surface area (Å²) in [5.74, 6) is -0.0655. The fourth-order valence-corrected chi connectivity index (χ4v) is 4.09. The van der Waals surface area contributed by atoms with E-state index < -0.39 is 11.9 Å². The monoisotopic (exact) mass is 602 g/mol. The van der Waals surface area contributed by atoms with Gasteiger partial charge < -0.3 is 19.5 Å². The molecule has 9 heteroatoms. The standard InChI is InChI=1S/C26H20ClIN2O5/c1-15-5-4-6-20(27)23(15)30-25(31)18(14-29)11-16-12-21(28)24(22(13-16)34-3)35-26(32)17-7-9-19(33-2)10-8-17/h4-13H,1-3H3,(H,30,31)/b18-11+. The van der Waals surface area contributed by atoms with Gasteiger partial charge in [0.1, 0.15) is 17.4 Å². The Hall–Kier alpha value is -3.55. The van der Waals surface area contributed by atoms with Crippen LogP contribution in [0.15, 0.2) is 60.2 Å². The fourth-order valence-electron chi connectivity index (χ4n) is 3.09. The van der Waals surface area contributed by atoms with E-state index in [0.29, 0.717) is 31.2 Å². The van der Waals surface area contributed by atoms with Gasteiger partial charge in [0.25, 0.3) is 5.91 Å². The van der Waals surface area contributed by atoms with E-state index in [9.17, 15) is 14.9 Å². The first kappa shape index (κ1) is 26.1. The molecule has 0 bridgehead atoms. The van der Waals surface area contributed by atoms with Crippen LogP contribution in [0.3, 0.4) is 0 Å². The van der Waals surface area contributed by atoms with Crippen molar-refractivity contribution in [1.29, 1.82) is 5.26 Å². The average molecular weight is 603 g/mol. The molecule has 0 unspecified atom stereocenters. The van der Waals surface area contributed by atoms with Crippen LogP contribution in [0.5, 0.6) is 17.2 Å². The predicted molar refractivity (Wildman–Crippen MR) is 142 cm³/mol. The van der Waals surface area contributed by atoms with Crippen molar-refractivity contribution in [1.82, 2.24) is 0 Å². The molecule has 178 valence electrons. The molecular formula is C26H20ClIN2O5. The van der Waals surface area contributed by atoms with Gasteiger partial charge in [-0.3, -0.25) is 4.79 Å². The third-order valence-electron chi connectivity index (χ3n) is 4.91. The zero-order valence-corrected chi connectivity index (χ0v) is 21.9. The van der Waals surface area contributed by atoms with E-state index in [0.717, 1.165) is 5.56 Å². The number of anilines is 1. The van der Waals surface area contributed by atoms with Crippen LogP contribution in [-0.4, -0.2) is 26.1 Å². The van der Waals surface area contributed by atoms with Gasteiger partial charge in [-0.05, 0) is 89.2 Å². The molecule has 0 atom stereocenters. The Morgan fingerprint density at radius 2 is 1.80 bits per heavy atom. The summed E-state index contributed by atoms with van der Waals surface area (Å²) >= 11 is 8.17. The number of carbonyl (C=O) groups excluding carboxylic acids is 2. The lowest BCUT2D eigenvalue weighted by Crippen LogP contribution is -2.14. The zero-order valence-electron chi connectivity index (χ0n) is 19.0. The third kappa shape index (κ3) is 6.32.